The molecule has 1 aromatic heterocycles. The van der Waals surface area contributed by atoms with Crippen molar-refractivity contribution in [1.82, 2.24) is 15.1 Å². The topological polar surface area (TPSA) is 46.9 Å². The van der Waals surface area contributed by atoms with E-state index in [1.54, 1.807) is 0 Å². The van der Waals surface area contributed by atoms with E-state index in [4.69, 9.17) is 0 Å². The van der Waals surface area contributed by atoms with Crippen LogP contribution < -0.4 is 5.32 Å². The molecule has 0 saturated heterocycles. The summed E-state index contributed by atoms with van der Waals surface area (Å²) in [5.41, 5.74) is -0.157. The van der Waals surface area contributed by atoms with Crippen LogP contribution in [0, 0.1) is 22.7 Å². The molecular weight excluding hydrogens is 300 g/mol. The van der Waals surface area contributed by atoms with Gasteiger partial charge in [-0.1, -0.05) is 41.5 Å². The summed E-state index contributed by atoms with van der Waals surface area (Å²) in [7, 11) is 0. The van der Waals surface area contributed by atoms with E-state index in [0.717, 1.165) is 0 Å². The lowest BCUT2D eigenvalue weighted by Gasteiger charge is -2.06. The van der Waals surface area contributed by atoms with E-state index in [2.05, 4.69) is 38.1 Å². The predicted molar refractivity (Wildman–Crippen MR) is 85.4 cm³/mol. The van der Waals surface area contributed by atoms with Gasteiger partial charge in [-0.25, -0.2) is 8.78 Å². The van der Waals surface area contributed by atoms with Crippen LogP contribution in [-0.4, -0.2) is 22.2 Å². The number of rotatable bonds is 6. The fraction of sp³-hybridized carbons (Fsp3) is 0.765. The fourth-order valence-corrected chi connectivity index (χ4v) is 3.37. The van der Waals surface area contributed by atoms with E-state index in [-0.39, 0.29) is 22.3 Å². The summed E-state index contributed by atoms with van der Waals surface area (Å²) in [6.45, 7) is 13.6. The van der Waals surface area contributed by atoms with Crippen molar-refractivity contribution in [2.45, 2.75) is 54.5 Å². The number of carbonyl (C=O) groups excluding carboxylic acids is 1. The molecule has 0 atom stereocenters. The van der Waals surface area contributed by atoms with Crippen molar-refractivity contribution in [3.05, 3.63) is 17.5 Å². The Balaban J connectivity index is 2.08. The van der Waals surface area contributed by atoms with Crippen LogP contribution in [0.1, 0.15) is 64.0 Å². The van der Waals surface area contributed by atoms with Gasteiger partial charge in [0, 0.05) is 19.3 Å². The smallest absolute Gasteiger partial charge is 0.282 e. The Morgan fingerprint density at radius 1 is 1.30 bits per heavy atom. The van der Waals surface area contributed by atoms with Gasteiger partial charge in [-0.3, -0.25) is 9.48 Å². The number of hydrogen-bond acceptors (Lipinski definition) is 2. The Hall–Kier alpha value is -1.46. The number of amides is 1. The van der Waals surface area contributed by atoms with Crippen molar-refractivity contribution < 1.29 is 13.6 Å². The largest absolute Gasteiger partial charge is 0.352 e. The summed E-state index contributed by atoms with van der Waals surface area (Å²) in [6, 6.07) is 0. The molecule has 1 aliphatic rings. The molecule has 1 amide bonds. The van der Waals surface area contributed by atoms with Gasteiger partial charge < -0.3 is 5.32 Å². The molecule has 4 nitrogen and oxygen atoms in total. The molecule has 1 fully saturated rings. The zero-order chi connectivity index (χ0) is 17.6. The average molecular weight is 327 g/mol. The van der Waals surface area contributed by atoms with Crippen molar-refractivity contribution in [1.29, 1.82) is 0 Å². The minimum atomic E-state index is -2.75. The van der Waals surface area contributed by atoms with E-state index in [0.29, 0.717) is 19.0 Å². The predicted octanol–water partition coefficient (Wildman–Crippen LogP) is 3.89. The highest BCUT2D eigenvalue weighted by Crippen LogP contribution is 2.67. The molecule has 0 radical (unpaired) electrons. The van der Waals surface area contributed by atoms with Crippen LogP contribution in [0.2, 0.25) is 0 Å². The summed E-state index contributed by atoms with van der Waals surface area (Å²) in [5.74, 6) is 0.151. The number of aromatic nitrogens is 2. The summed E-state index contributed by atoms with van der Waals surface area (Å²) in [4.78, 5) is 12.3. The van der Waals surface area contributed by atoms with E-state index in [1.807, 2.05) is 13.8 Å². The van der Waals surface area contributed by atoms with Gasteiger partial charge in [0.05, 0.1) is 5.56 Å². The Morgan fingerprint density at radius 2 is 1.87 bits per heavy atom. The van der Waals surface area contributed by atoms with Gasteiger partial charge in [0.1, 0.15) is 5.69 Å². The first-order chi connectivity index (χ1) is 10.5. The molecule has 1 aromatic rings. The SMILES string of the molecule is CC(C)Cn1cc(C(=O)NCC2C(C)(C)C2(C)C)c(C(F)F)n1. The Morgan fingerprint density at radius 3 is 2.30 bits per heavy atom. The molecule has 130 valence electrons. The van der Waals surface area contributed by atoms with E-state index < -0.39 is 18.0 Å². The van der Waals surface area contributed by atoms with E-state index in [9.17, 15) is 13.6 Å². The van der Waals surface area contributed by atoms with Gasteiger partial charge in [0.15, 0.2) is 0 Å². The maximum atomic E-state index is 13.1. The van der Waals surface area contributed by atoms with Gasteiger partial charge >= 0.3 is 0 Å². The number of nitrogens with one attached hydrogen (secondary N) is 1. The highest BCUT2D eigenvalue weighted by Gasteiger charge is 2.64. The first-order valence-electron chi connectivity index (χ1n) is 8.12. The summed E-state index contributed by atoms with van der Waals surface area (Å²) < 4.78 is 27.7. The quantitative estimate of drug-likeness (QED) is 0.861. The number of alkyl halides is 2. The highest BCUT2D eigenvalue weighted by atomic mass is 19.3. The minimum Gasteiger partial charge on any atom is -0.352 e. The van der Waals surface area contributed by atoms with Crippen molar-refractivity contribution >= 4 is 5.91 Å². The summed E-state index contributed by atoms with van der Waals surface area (Å²) >= 11 is 0. The van der Waals surface area contributed by atoms with Crippen molar-refractivity contribution in [3.8, 4) is 0 Å². The van der Waals surface area contributed by atoms with Crippen molar-refractivity contribution in [2.75, 3.05) is 6.54 Å². The van der Waals surface area contributed by atoms with Crippen LogP contribution in [0.5, 0.6) is 0 Å². The van der Waals surface area contributed by atoms with Crippen LogP contribution in [0.3, 0.4) is 0 Å². The Labute approximate surface area is 136 Å². The second-order valence-electron chi connectivity index (χ2n) is 8.05. The van der Waals surface area contributed by atoms with Gasteiger partial charge in [0.2, 0.25) is 0 Å². The third-order valence-corrected chi connectivity index (χ3v) is 5.58. The van der Waals surface area contributed by atoms with Crippen LogP contribution in [0.15, 0.2) is 6.20 Å². The van der Waals surface area contributed by atoms with Gasteiger partial charge in [-0.05, 0) is 22.7 Å². The van der Waals surface area contributed by atoms with Gasteiger partial charge in [0.25, 0.3) is 12.3 Å². The molecule has 0 unspecified atom stereocenters. The minimum absolute atomic E-state index is 0.0167. The molecular formula is C17H27F2N3O. The van der Waals surface area contributed by atoms with Crippen LogP contribution in [-0.2, 0) is 6.54 Å². The lowest BCUT2D eigenvalue weighted by Crippen LogP contribution is -2.27. The van der Waals surface area contributed by atoms with E-state index in [1.165, 1.54) is 10.9 Å². The van der Waals surface area contributed by atoms with Crippen molar-refractivity contribution in [2.24, 2.45) is 22.7 Å². The fourth-order valence-electron chi connectivity index (χ4n) is 3.37. The Bertz CT molecular complexity index is 577. The second kappa shape index (κ2) is 5.87. The first-order valence-corrected chi connectivity index (χ1v) is 8.12. The standard InChI is InChI=1S/C17H27F2N3O/c1-10(2)8-22-9-11(13(21-22)14(18)19)15(23)20-7-12-16(3,4)17(12,5)6/h9-10,12,14H,7-8H2,1-6H3,(H,20,23). The third-order valence-electron chi connectivity index (χ3n) is 5.58. The van der Waals surface area contributed by atoms with Crippen LogP contribution >= 0.6 is 0 Å². The monoisotopic (exact) mass is 327 g/mol. The van der Waals surface area contributed by atoms with Crippen LogP contribution in [0.25, 0.3) is 0 Å². The molecule has 1 saturated carbocycles. The number of hydrogen-bond donors (Lipinski definition) is 1. The van der Waals surface area contributed by atoms with Crippen molar-refractivity contribution in [3.63, 3.8) is 0 Å². The maximum Gasteiger partial charge on any atom is 0.282 e. The molecule has 0 aromatic carbocycles. The maximum absolute atomic E-state index is 13.1. The summed E-state index contributed by atoms with van der Waals surface area (Å²) in [6.07, 6.45) is -1.32. The summed E-state index contributed by atoms with van der Waals surface area (Å²) in [5, 5.41) is 6.69. The van der Waals surface area contributed by atoms with Crippen LogP contribution in [0.4, 0.5) is 8.78 Å². The van der Waals surface area contributed by atoms with Gasteiger partial charge in [-0.15, -0.1) is 0 Å². The Kier molecular flexibility index (Phi) is 4.57. The molecule has 6 heteroatoms. The number of nitrogens with zero attached hydrogens (tertiary/aromatic N) is 2. The molecule has 23 heavy (non-hydrogen) atoms. The molecule has 1 N–H and O–H groups in total. The van der Waals surface area contributed by atoms with Gasteiger partial charge in [-0.2, -0.15) is 5.10 Å². The molecule has 0 bridgehead atoms. The zero-order valence-electron chi connectivity index (χ0n) is 14.8. The molecule has 1 heterocycles. The zero-order valence-corrected chi connectivity index (χ0v) is 14.8. The lowest BCUT2D eigenvalue weighted by atomic mass is 10.0. The number of halogens is 2. The van der Waals surface area contributed by atoms with E-state index >= 15 is 0 Å². The average Bonchev–Trinajstić information content (AvgIpc) is 2.75. The second-order valence-corrected chi connectivity index (χ2v) is 8.05. The highest BCUT2D eigenvalue weighted by molar-refractivity contribution is 5.95. The third kappa shape index (κ3) is 3.26. The molecule has 1 aliphatic carbocycles. The molecule has 0 spiro atoms. The lowest BCUT2D eigenvalue weighted by molar-refractivity contribution is 0.0935. The first kappa shape index (κ1) is 17.9. The molecule has 0 aliphatic heterocycles. The number of carbonyl (C=O) groups is 1. The normalized spacial score (nSPS) is 19.4. The molecule has 2 rings (SSSR count).